The molecule has 0 spiro atoms. The van der Waals surface area contributed by atoms with Crippen LogP contribution in [0.5, 0.6) is 17.2 Å². The lowest BCUT2D eigenvalue weighted by Crippen LogP contribution is -2.13. The van der Waals surface area contributed by atoms with Crippen molar-refractivity contribution < 1.29 is 19.4 Å². The molecule has 0 heterocycles. The Balaban J connectivity index is 1.76. The summed E-state index contributed by atoms with van der Waals surface area (Å²) in [6, 6.07) is 20.4. The van der Waals surface area contributed by atoms with E-state index < -0.39 is 5.91 Å². The number of hydrogen-bond acceptors (Lipinski definition) is 5. The number of amides is 1. The Labute approximate surface area is 191 Å². The molecular weight excluding hydrogens is 428 g/mol. The van der Waals surface area contributed by atoms with Gasteiger partial charge in [-0.15, -0.1) is 0 Å². The van der Waals surface area contributed by atoms with Gasteiger partial charge in [-0.05, 0) is 72.7 Å². The molecule has 6 nitrogen and oxygen atoms in total. The van der Waals surface area contributed by atoms with Crippen LogP contribution >= 0.6 is 11.6 Å². The monoisotopic (exact) mass is 448 g/mol. The number of benzene rings is 3. The van der Waals surface area contributed by atoms with Crippen LogP contribution in [-0.4, -0.2) is 17.6 Å². The largest absolute Gasteiger partial charge is 0.508 e. The van der Waals surface area contributed by atoms with E-state index in [1.807, 2.05) is 25.1 Å². The predicted octanol–water partition coefficient (Wildman–Crippen LogP) is 5.57. The van der Waals surface area contributed by atoms with E-state index in [-0.39, 0.29) is 11.3 Å². The van der Waals surface area contributed by atoms with Crippen molar-refractivity contribution in [1.82, 2.24) is 0 Å². The SMILES string of the molecule is CCOc1cc(C=C(C#N)C(=O)Nc2ccc(O)cc2)ccc1OCc1ccc(Cl)cc1. The summed E-state index contributed by atoms with van der Waals surface area (Å²) in [5, 5.41) is 22.1. The second-order valence-corrected chi connectivity index (χ2v) is 7.16. The van der Waals surface area contributed by atoms with E-state index in [4.69, 9.17) is 21.1 Å². The first-order valence-electron chi connectivity index (χ1n) is 9.84. The summed E-state index contributed by atoms with van der Waals surface area (Å²) >= 11 is 5.91. The Bertz CT molecular complexity index is 1150. The van der Waals surface area contributed by atoms with Gasteiger partial charge in [0.2, 0.25) is 0 Å². The van der Waals surface area contributed by atoms with Crippen molar-refractivity contribution in [3.05, 3.63) is 88.5 Å². The van der Waals surface area contributed by atoms with Crippen LogP contribution in [0.4, 0.5) is 5.69 Å². The maximum Gasteiger partial charge on any atom is 0.266 e. The fraction of sp³-hybridized carbons (Fsp3) is 0.120. The summed E-state index contributed by atoms with van der Waals surface area (Å²) in [6.07, 6.45) is 1.47. The Morgan fingerprint density at radius 1 is 1.06 bits per heavy atom. The van der Waals surface area contributed by atoms with Gasteiger partial charge in [0.05, 0.1) is 6.61 Å². The number of nitrogens with zero attached hydrogens (tertiary/aromatic N) is 1. The number of phenols is 1. The second-order valence-electron chi connectivity index (χ2n) is 6.73. The highest BCUT2D eigenvalue weighted by atomic mass is 35.5. The number of carbonyl (C=O) groups excluding carboxylic acids is 1. The number of nitriles is 1. The number of rotatable bonds is 8. The zero-order valence-electron chi connectivity index (χ0n) is 17.3. The number of phenolic OH excluding ortho intramolecular Hbond substituents is 1. The molecule has 0 bridgehead atoms. The fourth-order valence-electron chi connectivity index (χ4n) is 2.80. The van der Waals surface area contributed by atoms with Crippen LogP contribution in [0.1, 0.15) is 18.1 Å². The first-order valence-corrected chi connectivity index (χ1v) is 10.2. The average molecular weight is 449 g/mol. The lowest BCUT2D eigenvalue weighted by molar-refractivity contribution is -0.112. The van der Waals surface area contributed by atoms with E-state index in [1.165, 1.54) is 18.2 Å². The molecule has 3 rings (SSSR count). The molecule has 0 aliphatic carbocycles. The summed E-state index contributed by atoms with van der Waals surface area (Å²) in [6.45, 7) is 2.62. The first-order chi connectivity index (χ1) is 15.5. The minimum Gasteiger partial charge on any atom is -0.508 e. The van der Waals surface area contributed by atoms with E-state index in [1.54, 1.807) is 42.5 Å². The number of aromatic hydroxyl groups is 1. The van der Waals surface area contributed by atoms with Gasteiger partial charge in [-0.2, -0.15) is 5.26 Å². The van der Waals surface area contributed by atoms with Crippen molar-refractivity contribution in [2.45, 2.75) is 13.5 Å². The molecule has 3 aromatic rings. The highest BCUT2D eigenvalue weighted by molar-refractivity contribution is 6.30. The van der Waals surface area contributed by atoms with Crippen molar-refractivity contribution >= 4 is 29.3 Å². The molecular formula is C25H21ClN2O4. The predicted molar refractivity (Wildman–Crippen MR) is 124 cm³/mol. The number of nitrogens with one attached hydrogen (secondary N) is 1. The van der Waals surface area contributed by atoms with Crippen LogP contribution in [0.15, 0.2) is 72.3 Å². The average Bonchev–Trinajstić information content (AvgIpc) is 2.79. The minimum absolute atomic E-state index is 0.0737. The molecule has 3 aromatic carbocycles. The topological polar surface area (TPSA) is 91.6 Å². The standard InChI is InChI=1S/C25H21ClN2O4/c1-2-31-24-14-18(5-12-23(24)32-16-17-3-6-20(26)7-4-17)13-19(15-27)25(30)28-21-8-10-22(29)11-9-21/h3-14,29H,2,16H2,1H3,(H,28,30). The van der Waals surface area contributed by atoms with Gasteiger partial charge in [-0.1, -0.05) is 29.8 Å². The van der Waals surface area contributed by atoms with Gasteiger partial charge in [-0.3, -0.25) is 4.79 Å². The smallest absolute Gasteiger partial charge is 0.266 e. The molecule has 0 fully saturated rings. The van der Waals surface area contributed by atoms with Crippen molar-refractivity contribution in [2.24, 2.45) is 0 Å². The number of ether oxygens (including phenoxy) is 2. The Kier molecular flexibility index (Phi) is 7.74. The molecule has 0 atom stereocenters. The van der Waals surface area contributed by atoms with E-state index in [2.05, 4.69) is 5.32 Å². The summed E-state index contributed by atoms with van der Waals surface area (Å²) < 4.78 is 11.6. The zero-order valence-corrected chi connectivity index (χ0v) is 18.1. The van der Waals surface area contributed by atoms with Crippen LogP contribution in [0.25, 0.3) is 6.08 Å². The molecule has 0 aromatic heterocycles. The molecule has 7 heteroatoms. The Morgan fingerprint density at radius 2 is 1.78 bits per heavy atom. The number of hydrogen-bond donors (Lipinski definition) is 2. The van der Waals surface area contributed by atoms with Crippen molar-refractivity contribution in [3.63, 3.8) is 0 Å². The van der Waals surface area contributed by atoms with Gasteiger partial charge < -0.3 is 19.9 Å². The van der Waals surface area contributed by atoms with Gasteiger partial charge in [0, 0.05) is 10.7 Å². The lowest BCUT2D eigenvalue weighted by Gasteiger charge is -2.13. The number of anilines is 1. The molecule has 2 N–H and O–H groups in total. The first kappa shape index (κ1) is 22.7. The van der Waals surface area contributed by atoms with Crippen LogP contribution in [-0.2, 0) is 11.4 Å². The molecule has 162 valence electrons. The normalized spacial score (nSPS) is 10.8. The minimum atomic E-state index is -0.556. The van der Waals surface area contributed by atoms with Gasteiger partial charge in [-0.25, -0.2) is 0 Å². The molecule has 0 aliphatic rings. The molecule has 32 heavy (non-hydrogen) atoms. The van der Waals surface area contributed by atoms with Gasteiger partial charge in [0.1, 0.15) is 24.0 Å². The van der Waals surface area contributed by atoms with Crippen LogP contribution < -0.4 is 14.8 Å². The van der Waals surface area contributed by atoms with Crippen molar-refractivity contribution in [2.75, 3.05) is 11.9 Å². The third-order valence-corrected chi connectivity index (χ3v) is 4.63. The maximum absolute atomic E-state index is 12.5. The molecule has 0 radical (unpaired) electrons. The Morgan fingerprint density at radius 3 is 2.44 bits per heavy atom. The third-order valence-electron chi connectivity index (χ3n) is 4.38. The van der Waals surface area contributed by atoms with Crippen LogP contribution in [0, 0.1) is 11.3 Å². The zero-order chi connectivity index (χ0) is 22.9. The summed E-state index contributed by atoms with van der Waals surface area (Å²) in [5.74, 6) is 0.581. The van der Waals surface area contributed by atoms with Gasteiger partial charge in [0.15, 0.2) is 11.5 Å². The van der Waals surface area contributed by atoms with Gasteiger partial charge in [0.25, 0.3) is 5.91 Å². The molecule has 0 saturated heterocycles. The summed E-state index contributed by atoms with van der Waals surface area (Å²) in [5.41, 5.74) is 1.97. The van der Waals surface area contributed by atoms with E-state index in [0.717, 1.165) is 5.56 Å². The fourth-order valence-corrected chi connectivity index (χ4v) is 2.93. The lowest BCUT2D eigenvalue weighted by atomic mass is 10.1. The van der Waals surface area contributed by atoms with Crippen molar-refractivity contribution in [3.8, 4) is 23.3 Å². The maximum atomic E-state index is 12.5. The van der Waals surface area contributed by atoms with E-state index in [9.17, 15) is 15.2 Å². The van der Waals surface area contributed by atoms with E-state index >= 15 is 0 Å². The molecule has 0 aliphatic heterocycles. The quantitative estimate of drug-likeness (QED) is 0.267. The van der Waals surface area contributed by atoms with Crippen molar-refractivity contribution in [1.29, 1.82) is 5.26 Å². The summed E-state index contributed by atoms with van der Waals surface area (Å²) in [4.78, 5) is 12.5. The number of halogens is 1. The molecule has 0 saturated carbocycles. The van der Waals surface area contributed by atoms with E-state index in [0.29, 0.717) is 41.0 Å². The van der Waals surface area contributed by atoms with Crippen LogP contribution in [0.2, 0.25) is 5.02 Å². The summed E-state index contributed by atoms with van der Waals surface area (Å²) in [7, 11) is 0. The third kappa shape index (κ3) is 6.27. The Hall–Kier alpha value is -3.95. The number of carbonyl (C=O) groups is 1. The van der Waals surface area contributed by atoms with Crippen LogP contribution in [0.3, 0.4) is 0 Å². The highest BCUT2D eigenvalue weighted by Crippen LogP contribution is 2.30. The molecule has 0 unspecified atom stereocenters. The second kappa shape index (κ2) is 10.9. The van der Waals surface area contributed by atoms with Gasteiger partial charge >= 0.3 is 0 Å². The molecule has 1 amide bonds. The highest BCUT2D eigenvalue weighted by Gasteiger charge is 2.12.